The molecule has 1 aliphatic rings. The summed E-state index contributed by atoms with van der Waals surface area (Å²) in [4.78, 5) is 38.9. The van der Waals surface area contributed by atoms with E-state index in [2.05, 4.69) is 41.1 Å². The molecule has 12 heteroatoms. The number of aromatic nitrogens is 6. The summed E-state index contributed by atoms with van der Waals surface area (Å²) in [5.74, 6) is -0.335. The molecule has 10 nitrogen and oxygen atoms in total. The van der Waals surface area contributed by atoms with Crippen LogP contribution in [-0.4, -0.2) is 76.6 Å². The Bertz CT molecular complexity index is 1600. The van der Waals surface area contributed by atoms with Gasteiger partial charge < -0.3 is 9.80 Å². The number of piperazine rings is 1. The highest BCUT2D eigenvalue weighted by molar-refractivity contribution is 6.31. The molecule has 1 fully saturated rings. The van der Waals surface area contributed by atoms with E-state index < -0.39 is 11.4 Å². The summed E-state index contributed by atoms with van der Waals surface area (Å²) in [7, 11) is 0. The number of nitrogens with one attached hydrogen (secondary N) is 1. The van der Waals surface area contributed by atoms with Gasteiger partial charge in [0, 0.05) is 30.8 Å². The van der Waals surface area contributed by atoms with Crippen molar-refractivity contribution < 1.29 is 14.0 Å². The zero-order valence-electron chi connectivity index (χ0n) is 22.7. The SMILES string of the molecule is Cc1n[nH]c(C(=O)N2CCN(C(=O)c3cn4nc(-c5ccc(F)c(Cl)c5)cc(C(C)(C)C)c4n3)C(C)(C)C2)n1. The number of benzene rings is 1. The average molecular weight is 553 g/mol. The normalized spacial score (nSPS) is 15.7. The van der Waals surface area contributed by atoms with Gasteiger partial charge in [-0.05, 0) is 50.5 Å². The highest BCUT2D eigenvalue weighted by Gasteiger charge is 2.40. The second-order valence-electron chi connectivity index (χ2n) is 11.4. The number of carbonyl (C=O) groups is 2. The molecule has 1 aliphatic heterocycles. The molecule has 1 saturated heterocycles. The van der Waals surface area contributed by atoms with Crippen molar-refractivity contribution in [1.82, 2.24) is 39.6 Å². The smallest absolute Gasteiger partial charge is 0.291 e. The van der Waals surface area contributed by atoms with Crippen molar-refractivity contribution in [3.63, 3.8) is 0 Å². The Kier molecular flexibility index (Phi) is 6.45. The van der Waals surface area contributed by atoms with Gasteiger partial charge in [0.25, 0.3) is 11.8 Å². The van der Waals surface area contributed by atoms with E-state index in [0.29, 0.717) is 42.4 Å². The maximum atomic E-state index is 13.8. The number of nitrogens with zero attached hydrogens (tertiary/aromatic N) is 7. The predicted octanol–water partition coefficient (Wildman–Crippen LogP) is 4.29. The first-order valence-electron chi connectivity index (χ1n) is 12.6. The van der Waals surface area contributed by atoms with Crippen molar-refractivity contribution in [1.29, 1.82) is 0 Å². The van der Waals surface area contributed by atoms with Gasteiger partial charge in [-0.15, -0.1) is 0 Å². The van der Waals surface area contributed by atoms with Crippen LogP contribution in [0.3, 0.4) is 0 Å². The number of aromatic amines is 1. The summed E-state index contributed by atoms with van der Waals surface area (Å²) in [6.07, 6.45) is 1.62. The number of carbonyl (C=O) groups excluding carboxylic acids is 2. The largest absolute Gasteiger partial charge is 0.332 e. The van der Waals surface area contributed by atoms with Crippen molar-refractivity contribution in [3.8, 4) is 11.3 Å². The van der Waals surface area contributed by atoms with Gasteiger partial charge in [-0.1, -0.05) is 32.4 Å². The van der Waals surface area contributed by atoms with Crippen LogP contribution in [0.1, 0.15) is 67.1 Å². The lowest BCUT2D eigenvalue weighted by Crippen LogP contribution is -2.62. The Balaban J connectivity index is 1.47. The predicted molar refractivity (Wildman–Crippen MR) is 144 cm³/mol. The molecule has 204 valence electrons. The molecular formula is C27H30ClFN8O2. The molecule has 2 amide bonds. The highest BCUT2D eigenvalue weighted by Crippen LogP contribution is 2.32. The van der Waals surface area contributed by atoms with Gasteiger partial charge in [0.1, 0.15) is 17.3 Å². The molecule has 39 heavy (non-hydrogen) atoms. The van der Waals surface area contributed by atoms with E-state index >= 15 is 0 Å². The number of fused-ring (bicyclic) bond motifs is 1. The van der Waals surface area contributed by atoms with Gasteiger partial charge in [-0.25, -0.2) is 18.9 Å². The molecule has 0 spiro atoms. The molecule has 1 aromatic carbocycles. The third-order valence-electron chi connectivity index (χ3n) is 6.90. The average Bonchev–Trinajstić information content (AvgIpc) is 3.49. The monoisotopic (exact) mass is 552 g/mol. The molecule has 4 heterocycles. The van der Waals surface area contributed by atoms with Crippen LogP contribution in [0.2, 0.25) is 5.02 Å². The molecule has 0 atom stereocenters. The topological polar surface area (TPSA) is 112 Å². The van der Waals surface area contributed by atoms with Crippen LogP contribution in [0.4, 0.5) is 4.39 Å². The molecule has 5 rings (SSSR count). The number of hydrogen-bond acceptors (Lipinski definition) is 6. The number of halogens is 2. The van der Waals surface area contributed by atoms with Gasteiger partial charge in [0.05, 0.1) is 22.5 Å². The van der Waals surface area contributed by atoms with E-state index in [1.165, 1.54) is 12.1 Å². The van der Waals surface area contributed by atoms with E-state index in [-0.39, 0.29) is 33.8 Å². The molecule has 0 radical (unpaired) electrons. The van der Waals surface area contributed by atoms with Crippen molar-refractivity contribution in [2.24, 2.45) is 0 Å². The third kappa shape index (κ3) is 4.98. The number of imidazole rings is 1. The van der Waals surface area contributed by atoms with Gasteiger partial charge >= 0.3 is 0 Å². The van der Waals surface area contributed by atoms with Crippen LogP contribution in [0.5, 0.6) is 0 Å². The third-order valence-corrected chi connectivity index (χ3v) is 7.19. The molecule has 4 aromatic rings. The van der Waals surface area contributed by atoms with Crippen LogP contribution >= 0.6 is 11.6 Å². The fourth-order valence-corrected chi connectivity index (χ4v) is 5.04. The number of H-pyrrole nitrogens is 1. The minimum absolute atomic E-state index is 0.00602. The fraction of sp³-hybridized carbons (Fsp3) is 0.407. The first kappa shape index (κ1) is 26.7. The van der Waals surface area contributed by atoms with Crippen LogP contribution in [0, 0.1) is 12.7 Å². The molecule has 0 aliphatic carbocycles. The van der Waals surface area contributed by atoms with Gasteiger partial charge in [-0.2, -0.15) is 10.2 Å². The van der Waals surface area contributed by atoms with Crippen molar-refractivity contribution in [3.05, 3.63) is 64.2 Å². The van der Waals surface area contributed by atoms with E-state index in [1.54, 1.807) is 33.5 Å². The zero-order chi connectivity index (χ0) is 28.3. The minimum Gasteiger partial charge on any atom is -0.332 e. The van der Waals surface area contributed by atoms with Gasteiger partial charge in [-0.3, -0.25) is 14.7 Å². The summed E-state index contributed by atoms with van der Waals surface area (Å²) in [5, 5.41) is 11.3. The second kappa shape index (κ2) is 9.41. The zero-order valence-corrected chi connectivity index (χ0v) is 23.5. The molecule has 1 N–H and O–H groups in total. The van der Waals surface area contributed by atoms with E-state index in [9.17, 15) is 14.0 Å². The molecule has 0 saturated carbocycles. The fourth-order valence-electron chi connectivity index (χ4n) is 4.86. The maximum Gasteiger partial charge on any atom is 0.291 e. The first-order chi connectivity index (χ1) is 18.2. The summed E-state index contributed by atoms with van der Waals surface area (Å²) >= 11 is 6.03. The Labute approximate surface area is 230 Å². The Morgan fingerprint density at radius 2 is 1.85 bits per heavy atom. The lowest BCUT2D eigenvalue weighted by Gasteiger charge is -2.46. The quantitative estimate of drug-likeness (QED) is 0.406. The second-order valence-corrected chi connectivity index (χ2v) is 11.9. The number of aryl methyl sites for hydroxylation is 1. The Morgan fingerprint density at radius 3 is 2.46 bits per heavy atom. The van der Waals surface area contributed by atoms with Gasteiger partial charge in [0.15, 0.2) is 5.65 Å². The van der Waals surface area contributed by atoms with Crippen molar-refractivity contribution >= 4 is 29.1 Å². The van der Waals surface area contributed by atoms with Crippen LogP contribution in [-0.2, 0) is 5.41 Å². The Morgan fingerprint density at radius 1 is 1.10 bits per heavy atom. The summed E-state index contributed by atoms with van der Waals surface area (Å²) in [5.41, 5.74) is 1.95. The summed E-state index contributed by atoms with van der Waals surface area (Å²) in [6.45, 7) is 12.7. The van der Waals surface area contributed by atoms with E-state index in [0.717, 1.165) is 5.56 Å². The number of rotatable bonds is 3. The maximum absolute atomic E-state index is 13.8. The van der Waals surface area contributed by atoms with Crippen molar-refractivity contribution in [2.45, 2.75) is 52.5 Å². The summed E-state index contributed by atoms with van der Waals surface area (Å²) < 4.78 is 15.4. The molecular weight excluding hydrogens is 523 g/mol. The van der Waals surface area contributed by atoms with Crippen LogP contribution in [0.25, 0.3) is 16.9 Å². The standard InChI is InChI=1S/C27H30ClFN8O2/c1-15-30-22(33-32-15)25(39)35-9-10-36(27(5,6)14-35)24(38)21-13-37-23(31-21)17(26(2,3)4)12-20(34-37)16-7-8-19(29)18(28)11-16/h7-8,11-13H,9-10,14H2,1-6H3,(H,30,32,33). The van der Waals surface area contributed by atoms with E-state index in [1.807, 2.05) is 19.9 Å². The highest BCUT2D eigenvalue weighted by atomic mass is 35.5. The van der Waals surface area contributed by atoms with Gasteiger partial charge in [0.2, 0.25) is 5.82 Å². The van der Waals surface area contributed by atoms with E-state index in [4.69, 9.17) is 16.6 Å². The summed E-state index contributed by atoms with van der Waals surface area (Å²) in [6, 6.07) is 6.36. The minimum atomic E-state index is -0.661. The lowest BCUT2D eigenvalue weighted by atomic mass is 9.87. The van der Waals surface area contributed by atoms with Crippen LogP contribution < -0.4 is 0 Å². The Hall–Kier alpha value is -3.86. The van der Waals surface area contributed by atoms with Crippen molar-refractivity contribution in [2.75, 3.05) is 19.6 Å². The molecule has 0 bridgehead atoms. The van der Waals surface area contributed by atoms with Crippen LogP contribution in [0.15, 0.2) is 30.5 Å². The lowest BCUT2D eigenvalue weighted by molar-refractivity contribution is 0.0160. The molecule has 3 aromatic heterocycles. The number of hydrogen-bond donors (Lipinski definition) is 1. The first-order valence-corrected chi connectivity index (χ1v) is 13.0. The number of amides is 2. The molecule has 0 unspecified atom stereocenters.